The summed E-state index contributed by atoms with van der Waals surface area (Å²) in [4.78, 5) is 17.5. The van der Waals surface area contributed by atoms with Crippen molar-refractivity contribution in [1.29, 1.82) is 0 Å². The van der Waals surface area contributed by atoms with Gasteiger partial charge in [0.25, 0.3) is 0 Å². The van der Waals surface area contributed by atoms with Crippen molar-refractivity contribution in [1.82, 2.24) is 9.97 Å². The van der Waals surface area contributed by atoms with E-state index in [1.54, 1.807) is 17.5 Å². The van der Waals surface area contributed by atoms with Crippen LogP contribution in [0.5, 0.6) is 0 Å². The monoisotopic (exact) mass is 256 g/mol. The minimum Gasteiger partial charge on any atom is -0.396 e. The van der Waals surface area contributed by atoms with Gasteiger partial charge in [-0.3, -0.25) is 4.79 Å². The van der Waals surface area contributed by atoms with Crippen LogP contribution in [0.2, 0.25) is 5.15 Å². The quantitative estimate of drug-likeness (QED) is 0.730. The second-order valence-corrected chi connectivity index (χ2v) is 4.33. The van der Waals surface area contributed by atoms with Crippen molar-refractivity contribution in [2.45, 2.75) is 6.54 Å². The molecule has 2 rings (SSSR count). The van der Waals surface area contributed by atoms with E-state index in [1.807, 2.05) is 0 Å². The van der Waals surface area contributed by atoms with Crippen LogP contribution in [0.15, 0.2) is 22.3 Å². The molecule has 5 nitrogen and oxygen atoms in total. The summed E-state index contributed by atoms with van der Waals surface area (Å²) in [7, 11) is 0. The summed E-state index contributed by atoms with van der Waals surface area (Å²) in [5, 5.41) is 5.12. The first-order valence-electron chi connectivity index (χ1n) is 4.48. The average molecular weight is 257 g/mol. The molecule has 0 radical (unpaired) electrons. The molecule has 0 saturated heterocycles. The van der Waals surface area contributed by atoms with E-state index in [9.17, 15) is 4.79 Å². The van der Waals surface area contributed by atoms with Crippen LogP contribution in [-0.4, -0.2) is 9.97 Å². The Bertz CT molecular complexity index is 550. The number of nitrogen functional groups attached to an aromatic ring is 1. The number of hydrogen-bond donors (Lipinski definition) is 3. The number of aromatic amines is 1. The first-order chi connectivity index (χ1) is 7.65. The largest absolute Gasteiger partial charge is 0.396 e. The summed E-state index contributed by atoms with van der Waals surface area (Å²) in [5.74, 6) is 0.513. The van der Waals surface area contributed by atoms with Gasteiger partial charge in [-0.05, 0) is 12.1 Å². The summed E-state index contributed by atoms with van der Waals surface area (Å²) in [6, 6.07) is 3.29. The van der Waals surface area contributed by atoms with Gasteiger partial charge >= 0.3 is 4.87 Å². The smallest absolute Gasteiger partial charge is 0.304 e. The summed E-state index contributed by atoms with van der Waals surface area (Å²) in [6.45, 7) is 0.455. The van der Waals surface area contributed by atoms with Gasteiger partial charge in [-0.2, -0.15) is 0 Å². The molecule has 2 heterocycles. The Balaban J connectivity index is 2.10. The number of aromatic nitrogens is 2. The van der Waals surface area contributed by atoms with Crippen LogP contribution in [0, 0.1) is 0 Å². The van der Waals surface area contributed by atoms with E-state index in [2.05, 4.69) is 15.3 Å². The molecule has 4 N–H and O–H groups in total. The van der Waals surface area contributed by atoms with Gasteiger partial charge in [-0.1, -0.05) is 22.9 Å². The van der Waals surface area contributed by atoms with Crippen LogP contribution >= 0.6 is 22.9 Å². The molecule has 0 spiro atoms. The molecule has 0 amide bonds. The minimum atomic E-state index is -0.0798. The van der Waals surface area contributed by atoms with Crippen molar-refractivity contribution in [2.75, 3.05) is 11.1 Å². The van der Waals surface area contributed by atoms with E-state index in [-0.39, 0.29) is 4.87 Å². The molecule has 0 aliphatic rings. The first-order valence-corrected chi connectivity index (χ1v) is 5.73. The molecular weight excluding hydrogens is 248 g/mol. The fourth-order valence-corrected chi connectivity index (χ4v) is 1.90. The lowest BCUT2D eigenvalue weighted by atomic mass is 10.4. The van der Waals surface area contributed by atoms with Crippen molar-refractivity contribution < 1.29 is 0 Å². The SMILES string of the molecule is Nc1ccc(Cl)nc1NCc1csc(=O)[nH]1. The van der Waals surface area contributed by atoms with Gasteiger partial charge in [0.2, 0.25) is 0 Å². The van der Waals surface area contributed by atoms with Gasteiger partial charge in [0.1, 0.15) is 5.15 Å². The molecule has 16 heavy (non-hydrogen) atoms. The topological polar surface area (TPSA) is 83.8 Å². The maximum absolute atomic E-state index is 10.9. The summed E-state index contributed by atoms with van der Waals surface area (Å²) in [6.07, 6.45) is 0. The zero-order valence-electron chi connectivity index (χ0n) is 8.16. The Morgan fingerprint density at radius 2 is 2.38 bits per heavy atom. The number of anilines is 2. The minimum absolute atomic E-state index is 0.0798. The molecule has 0 unspecified atom stereocenters. The average Bonchev–Trinajstić information content (AvgIpc) is 2.66. The van der Waals surface area contributed by atoms with Crippen molar-refractivity contribution in [3.8, 4) is 0 Å². The number of nitrogens with two attached hydrogens (primary N) is 1. The van der Waals surface area contributed by atoms with Gasteiger partial charge in [0.05, 0.1) is 12.2 Å². The van der Waals surface area contributed by atoms with Gasteiger partial charge in [0, 0.05) is 11.1 Å². The lowest BCUT2D eigenvalue weighted by Crippen LogP contribution is -2.06. The fourth-order valence-electron chi connectivity index (χ4n) is 1.17. The number of H-pyrrole nitrogens is 1. The van der Waals surface area contributed by atoms with Crippen molar-refractivity contribution in [2.24, 2.45) is 0 Å². The number of thiazole rings is 1. The molecule has 0 aromatic carbocycles. The highest BCUT2D eigenvalue weighted by Crippen LogP contribution is 2.18. The maximum Gasteiger partial charge on any atom is 0.304 e. The van der Waals surface area contributed by atoms with Gasteiger partial charge in [-0.15, -0.1) is 0 Å². The molecule has 0 fully saturated rings. The number of pyridine rings is 1. The molecule has 0 saturated carbocycles. The van der Waals surface area contributed by atoms with E-state index in [4.69, 9.17) is 17.3 Å². The Morgan fingerprint density at radius 1 is 1.56 bits per heavy atom. The number of hydrogen-bond acceptors (Lipinski definition) is 5. The molecule has 0 aliphatic heterocycles. The highest BCUT2D eigenvalue weighted by atomic mass is 35.5. The lowest BCUT2D eigenvalue weighted by molar-refractivity contribution is 1.04. The molecule has 0 aliphatic carbocycles. The third kappa shape index (κ3) is 2.53. The highest BCUT2D eigenvalue weighted by Gasteiger charge is 2.02. The first kappa shape index (κ1) is 11.0. The van der Waals surface area contributed by atoms with Crippen molar-refractivity contribution >= 4 is 34.4 Å². The van der Waals surface area contributed by atoms with E-state index in [1.165, 1.54) is 0 Å². The Hall–Kier alpha value is -1.53. The molecular formula is C9H9ClN4OS. The Kier molecular flexibility index (Phi) is 3.12. The van der Waals surface area contributed by atoms with Crippen LogP contribution in [0.4, 0.5) is 11.5 Å². The van der Waals surface area contributed by atoms with Crippen LogP contribution in [-0.2, 0) is 6.54 Å². The predicted octanol–water partition coefficient (Wildman–Crippen LogP) is 1.68. The number of rotatable bonds is 3. The van der Waals surface area contributed by atoms with Crippen LogP contribution < -0.4 is 15.9 Å². The zero-order chi connectivity index (χ0) is 11.5. The number of halogens is 1. The zero-order valence-corrected chi connectivity index (χ0v) is 9.73. The molecule has 0 atom stereocenters. The normalized spacial score (nSPS) is 10.3. The summed E-state index contributed by atoms with van der Waals surface area (Å²) < 4.78 is 0. The van der Waals surface area contributed by atoms with E-state index < -0.39 is 0 Å². The van der Waals surface area contributed by atoms with Crippen LogP contribution in [0.25, 0.3) is 0 Å². The third-order valence-electron chi connectivity index (χ3n) is 1.91. The van der Waals surface area contributed by atoms with E-state index in [0.29, 0.717) is 23.2 Å². The summed E-state index contributed by atoms with van der Waals surface area (Å²) in [5.41, 5.74) is 7.01. The third-order valence-corrected chi connectivity index (χ3v) is 2.84. The molecule has 0 bridgehead atoms. The van der Waals surface area contributed by atoms with Gasteiger partial charge < -0.3 is 16.0 Å². The molecule has 84 valence electrons. The Labute approximate surface area is 100 Å². The fraction of sp³-hybridized carbons (Fsp3) is 0.111. The molecule has 2 aromatic rings. The maximum atomic E-state index is 10.9. The van der Waals surface area contributed by atoms with Gasteiger partial charge in [0.15, 0.2) is 5.82 Å². The lowest BCUT2D eigenvalue weighted by Gasteiger charge is -2.06. The van der Waals surface area contributed by atoms with Crippen LogP contribution in [0.3, 0.4) is 0 Å². The summed E-state index contributed by atoms with van der Waals surface area (Å²) >= 11 is 6.86. The second kappa shape index (κ2) is 4.54. The van der Waals surface area contributed by atoms with E-state index >= 15 is 0 Å². The van der Waals surface area contributed by atoms with Crippen molar-refractivity contribution in [3.63, 3.8) is 0 Å². The number of nitrogens with one attached hydrogen (secondary N) is 2. The molecule has 7 heteroatoms. The Morgan fingerprint density at radius 3 is 3.06 bits per heavy atom. The number of nitrogens with zero attached hydrogens (tertiary/aromatic N) is 1. The standard InChI is InChI=1S/C9H9ClN4OS/c10-7-2-1-6(11)8(14-7)12-3-5-4-16-9(15)13-5/h1-2,4H,3,11H2,(H,12,14)(H,13,15). The predicted molar refractivity (Wildman–Crippen MR) is 65.9 cm³/mol. The highest BCUT2D eigenvalue weighted by molar-refractivity contribution is 7.07. The van der Waals surface area contributed by atoms with E-state index in [0.717, 1.165) is 17.0 Å². The van der Waals surface area contributed by atoms with Gasteiger partial charge in [-0.25, -0.2) is 4.98 Å². The van der Waals surface area contributed by atoms with Crippen LogP contribution in [0.1, 0.15) is 5.69 Å². The molecule has 2 aromatic heterocycles. The second-order valence-electron chi connectivity index (χ2n) is 3.10. The van der Waals surface area contributed by atoms with Crippen molar-refractivity contribution in [3.05, 3.63) is 38.0 Å².